The van der Waals surface area contributed by atoms with Crippen LogP contribution in [-0.4, -0.2) is 44.4 Å². The molecule has 0 N–H and O–H groups in total. The summed E-state index contributed by atoms with van der Waals surface area (Å²) in [6.45, 7) is 4.24. The average Bonchev–Trinajstić information content (AvgIpc) is 3.54. The molecule has 0 saturated carbocycles. The summed E-state index contributed by atoms with van der Waals surface area (Å²) in [4.78, 5) is 30.9. The molecule has 8 nitrogen and oxygen atoms in total. The van der Waals surface area contributed by atoms with E-state index < -0.39 is 5.97 Å². The Labute approximate surface area is 199 Å². The van der Waals surface area contributed by atoms with Crippen LogP contribution in [-0.2, 0) is 22.5 Å². The first-order chi connectivity index (χ1) is 16.0. The van der Waals surface area contributed by atoms with E-state index in [0.29, 0.717) is 23.1 Å². The van der Waals surface area contributed by atoms with Crippen LogP contribution in [0.25, 0.3) is 11.4 Å². The molecular weight excluding hydrogens is 460 g/mol. The van der Waals surface area contributed by atoms with E-state index in [4.69, 9.17) is 9.15 Å². The molecule has 4 aromatic heterocycles. The number of Topliss-reactive ketones (excluding diaryl/α,β-unsaturated/α-hetero) is 1. The van der Waals surface area contributed by atoms with E-state index in [1.807, 2.05) is 42.7 Å². The largest absolute Gasteiger partial charge is 0.467 e. The monoisotopic (exact) mass is 482 g/mol. The Morgan fingerprint density at radius 1 is 1.21 bits per heavy atom. The molecule has 0 radical (unpaired) electrons. The summed E-state index contributed by atoms with van der Waals surface area (Å²) in [6.07, 6.45) is 5.20. The highest BCUT2D eigenvalue weighted by atomic mass is 32.2. The van der Waals surface area contributed by atoms with Crippen molar-refractivity contribution in [2.75, 3.05) is 12.9 Å². The lowest BCUT2D eigenvalue weighted by molar-refractivity contribution is -0.115. The second-order valence-corrected chi connectivity index (χ2v) is 9.54. The molecule has 0 aromatic carbocycles. The van der Waals surface area contributed by atoms with Crippen molar-refractivity contribution in [3.63, 3.8) is 0 Å². The van der Waals surface area contributed by atoms with Gasteiger partial charge in [0, 0.05) is 34.1 Å². The Balaban J connectivity index is 1.53. The van der Waals surface area contributed by atoms with Crippen molar-refractivity contribution >= 4 is 34.9 Å². The fourth-order valence-corrected chi connectivity index (χ4v) is 5.37. The van der Waals surface area contributed by atoms with Crippen LogP contribution >= 0.6 is 23.1 Å². The molecule has 4 aromatic rings. The SMILES string of the molecule is COC(=O)c1c(CC(=O)CSc2nnc(-c3cccnc3)n2Cc2ccco2)sc(C)c1C. The van der Waals surface area contributed by atoms with E-state index in [1.54, 1.807) is 18.7 Å². The van der Waals surface area contributed by atoms with Crippen molar-refractivity contribution in [2.24, 2.45) is 0 Å². The third-order valence-corrected chi connectivity index (χ3v) is 7.33. The number of nitrogens with zero attached hydrogens (tertiary/aromatic N) is 4. The highest BCUT2D eigenvalue weighted by molar-refractivity contribution is 7.99. The van der Waals surface area contributed by atoms with Gasteiger partial charge in [0.15, 0.2) is 11.0 Å². The van der Waals surface area contributed by atoms with Gasteiger partial charge in [-0.1, -0.05) is 11.8 Å². The summed E-state index contributed by atoms with van der Waals surface area (Å²) >= 11 is 2.77. The maximum absolute atomic E-state index is 12.8. The molecule has 0 amide bonds. The van der Waals surface area contributed by atoms with Gasteiger partial charge in [0.2, 0.25) is 0 Å². The van der Waals surface area contributed by atoms with Crippen molar-refractivity contribution in [3.8, 4) is 11.4 Å². The smallest absolute Gasteiger partial charge is 0.339 e. The molecule has 0 aliphatic rings. The molecule has 0 aliphatic carbocycles. The zero-order chi connectivity index (χ0) is 23.4. The van der Waals surface area contributed by atoms with Gasteiger partial charge in [-0.05, 0) is 43.7 Å². The molecule has 0 atom stereocenters. The molecule has 0 unspecified atom stereocenters. The molecule has 33 heavy (non-hydrogen) atoms. The second kappa shape index (κ2) is 10.1. The van der Waals surface area contributed by atoms with E-state index in [9.17, 15) is 9.59 Å². The van der Waals surface area contributed by atoms with Crippen LogP contribution in [0, 0.1) is 13.8 Å². The van der Waals surface area contributed by atoms with Crippen molar-refractivity contribution in [3.05, 3.63) is 69.6 Å². The number of furan rings is 1. The molecule has 0 aliphatic heterocycles. The zero-order valence-corrected chi connectivity index (χ0v) is 20.0. The summed E-state index contributed by atoms with van der Waals surface area (Å²) in [5.41, 5.74) is 2.18. The Hall–Kier alpha value is -3.24. The number of rotatable bonds is 9. The number of thioether (sulfide) groups is 1. The number of thiophene rings is 1. The standard InChI is InChI=1S/C23H22N4O4S2/c1-14-15(2)33-19(20(14)22(29)30-3)10-17(28)13-32-23-26-25-21(16-6-4-8-24-11-16)27(23)12-18-7-5-9-31-18/h4-9,11H,10,12-13H2,1-3H3. The molecule has 170 valence electrons. The normalized spacial score (nSPS) is 11.0. The third-order valence-electron chi connectivity index (χ3n) is 5.10. The predicted molar refractivity (Wildman–Crippen MR) is 126 cm³/mol. The van der Waals surface area contributed by atoms with Crippen molar-refractivity contribution < 1.29 is 18.7 Å². The molecule has 0 fully saturated rings. The molecule has 0 saturated heterocycles. The summed E-state index contributed by atoms with van der Waals surface area (Å²) in [7, 11) is 1.35. The van der Waals surface area contributed by atoms with Gasteiger partial charge in [-0.3, -0.25) is 14.3 Å². The van der Waals surface area contributed by atoms with Crippen molar-refractivity contribution in [1.82, 2.24) is 19.7 Å². The minimum atomic E-state index is -0.411. The zero-order valence-electron chi connectivity index (χ0n) is 18.4. The highest BCUT2D eigenvalue weighted by Gasteiger charge is 2.23. The van der Waals surface area contributed by atoms with E-state index in [2.05, 4.69) is 15.2 Å². The molecule has 0 bridgehead atoms. The highest BCUT2D eigenvalue weighted by Crippen LogP contribution is 2.30. The van der Waals surface area contributed by atoms with Crippen LogP contribution in [0.15, 0.2) is 52.5 Å². The van der Waals surface area contributed by atoms with Crippen LogP contribution in [0.5, 0.6) is 0 Å². The average molecular weight is 483 g/mol. The fourth-order valence-electron chi connectivity index (χ4n) is 3.37. The van der Waals surface area contributed by atoms with E-state index >= 15 is 0 Å². The third kappa shape index (κ3) is 5.07. The number of carbonyl (C=O) groups excluding carboxylic acids is 2. The number of esters is 1. The van der Waals surface area contributed by atoms with Crippen molar-refractivity contribution in [2.45, 2.75) is 32.0 Å². The number of carbonyl (C=O) groups is 2. The minimum Gasteiger partial charge on any atom is -0.467 e. The number of pyridine rings is 1. The predicted octanol–water partition coefficient (Wildman–Crippen LogP) is 4.35. The van der Waals surface area contributed by atoms with Gasteiger partial charge >= 0.3 is 5.97 Å². The number of methoxy groups -OCH3 is 1. The maximum Gasteiger partial charge on any atom is 0.339 e. The van der Waals surface area contributed by atoms with E-state index in [-0.39, 0.29) is 18.0 Å². The lowest BCUT2D eigenvalue weighted by Crippen LogP contribution is -2.11. The van der Waals surface area contributed by atoms with E-state index in [1.165, 1.54) is 30.2 Å². The summed E-state index contributed by atoms with van der Waals surface area (Å²) in [5.74, 6) is 1.17. The van der Waals surface area contributed by atoms with Crippen LogP contribution in [0.2, 0.25) is 0 Å². The van der Waals surface area contributed by atoms with Gasteiger partial charge in [-0.2, -0.15) is 0 Å². The number of ether oxygens (including phenoxy) is 1. The molecule has 4 rings (SSSR count). The molecule has 10 heteroatoms. The second-order valence-electron chi connectivity index (χ2n) is 7.29. The number of hydrogen-bond donors (Lipinski definition) is 0. The lowest BCUT2D eigenvalue weighted by atomic mass is 10.1. The summed E-state index contributed by atoms with van der Waals surface area (Å²) in [5, 5.41) is 9.25. The first-order valence-corrected chi connectivity index (χ1v) is 12.0. The lowest BCUT2D eigenvalue weighted by Gasteiger charge is -2.08. The van der Waals surface area contributed by atoms with Gasteiger partial charge in [0.05, 0.1) is 31.2 Å². The molecule has 0 spiro atoms. The van der Waals surface area contributed by atoms with E-state index in [0.717, 1.165) is 26.6 Å². The van der Waals surface area contributed by atoms with Crippen LogP contribution in [0.1, 0.15) is 31.4 Å². The van der Waals surface area contributed by atoms with Crippen molar-refractivity contribution in [1.29, 1.82) is 0 Å². The van der Waals surface area contributed by atoms with Crippen LogP contribution < -0.4 is 0 Å². The Morgan fingerprint density at radius 3 is 2.76 bits per heavy atom. The number of aryl methyl sites for hydroxylation is 1. The van der Waals surface area contributed by atoms with Crippen LogP contribution in [0.3, 0.4) is 0 Å². The number of aromatic nitrogens is 4. The molecule has 4 heterocycles. The molecular formula is C23H22N4O4S2. The van der Waals surface area contributed by atoms with Gasteiger partial charge in [0.1, 0.15) is 11.5 Å². The Bertz CT molecular complexity index is 1260. The van der Waals surface area contributed by atoms with Gasteiger partial charge in [-0.25, -0.2) is 4.79 Å². The van der Waals surface area contributed by atoms with Gasteiger partial charge in [0.25, 0.3) is 0 Å². The van der Waals surface area contributed by atoms with Gasteiger partial charge < -0.3 is 9.15 Å². The summed E-state index contributed by atoms with van der Waals surface area (Å²) < 4.78 is 12.3. The minimum absolute atomic E-state index is 0.0121. The quantitative estimate of drug-likeness (QED) is 0.256. The number of hydrogen-bond acceptors (Lipinski definition) is 9. The van der Waals surface area contributed by atoms with Crippen LogP contribution in [0.4, 0.5) is 0 Å². The first kappa shape index (κ1) is 22.9. The van der Waals surface area contributed by atoms with Gasteiger partial charge in [-0.15, -0.1) is 21.5 Å². The Kier molecular flexibility index (Phi) is 7.05. The summed E-state index contributed by atoms with van der Waals surface area (Å²) in [6, 6.07) is 7.44. The first-order valence-electron chi connectivity index (χ1n) is 10.2. The number of ketones is 1. The Morgan fingerprint density at radius 2 is 2.06 bits per heavy atom. The fraction of sp³-hybridized carbons (Fsp3) is 0.261. The topological polar surface area (TPSA) is 100 Å². The maximum atomic E-state index is 12.8.